The van der Waals surface area contributed by atoms with Gasteiger partial charge in [-0.3, -0.25) is 0 Å². The summed E-state index contributed by atoms with van der Waals surface area (Å²) in [6.07, 6.45) is 3.14. The molecule has 92 valence electrons. The van der Waals surface area contributed by atoms with Crippen LogP contribution in [0.1, 0.15) is 33.1 Å². The number of para-hydroxylation sites is 1. The Labute approximate surface area is 102 Å². The maximum absolute atomic E-state index is 11.9. The van der Waals surface area contributed by atoms with Gasteiger partial charge in [0.15, 0.2) is 0 Å². The van der Waals surface area contributed by atoms with Gasteiger partial charge in [0.05, 0.1) is 5.69 Å². The van der Waals surface area contributed by atoms with E-state index in [2.05, 4.69) is 17.7 Å². The minimum Gasteiger partial charge on any atom is -0.317 e. The van der Waals surface area contributed by atoms with Gasteiger partial charge in [-0.1, -0.05) is 31.5 Å². The lowest BCUT2D eigenvalue weighted by Gasteiger charge is -2.24. The molecule has 1 saturated heterocycles. The summed E-state index contributed by atoms with van der Waals surface area (Å²) in [7, 11) is 0. The number of nitrogens with one attached hydrogen (secondary N) is 2. The molecule has 4 nitrogen and oxygen atoms in total. The van der Waals surface area contributed by atoms with Crippen molar-refractivity contribution < 1.29 is 4.79 Å². The first-order valence-electron chi connectivity index (χ1n) is 6.10. The molecule has 1 atom stereocenters. The van der Waals surface area contributed by atoms with Crippen LogP contribution >= 0.6 is 0 Å². The fraction of sp³-hybridized carbons (Fsp3) is 0.462. The summed E-state index contributed by atoms with van der Waals surface area (Å²) >= 11 is 0. The smallest absolute Gasteiger partial charge is 0.317 e. The molecule has 2 rings (SSSR count). The van der Waals surface area contributed by atoms with Crippen molar-refractivity contribution in [2.75, 3.05) is 5.01 Å². The minimum atomic E-state index is -0.330. The summed E-state index contributed by atoms with van der Waals surface area (Å²) in [5.41, 5.74) is 3.78. The van der Waals surface area contributed by atoms with Crippen LogP contribution in [0.4, 0.5) is 10.5 Å². The first-order chi connectivity index (χ1) is 8.14. The van der Waals surface area contributed by atoms with Gasteiger partial charge in [0.25, 0.3) is 0 Å². The van der Waals surface area contributed by atoms with Crippen LogP contribution in [0.3, 0.4) is 0 Å². The third-order valence-electron chi connectivity index (χ3n) is 2.99. The zero-order valence-corrected chi connectivity index (χ0v) is 10.4. The number of carbonyl (C=O) groups excluding carboxylic acids is 1. The van der Waals surface area contributed by atoms with Crippen molar-refractivity contribution in [3.05, 3.63) is 30.3 Å². The van der Waals surface area contributed by atoms with Crippen LogP contribution in [-0.2, 0) is 0 Å². The van der Waals surface area contributed by atoms with Gasteiger partial charge in [-0.05, 0) is 31.9 Å². The lowest BCUT2D eigenvalue weighted by Crippen LogP contribution is -2.48. The molecule has 0 radical (unpaired) electrons. The van der Waals surface area contributed by atoms with E-state index >= 15 is 0 Å². The zero-order valence-electron chi connectivity index (χ0n) is 10.4. The molecular formula is C13H19N3O. The first-order valence-corrected chi connectivity index (χ1v) is 6.10. The fourth-order valence-electron chi connectivity index (χ4n) is 2.03. The summed E-state index contributed by atoms with van der Waals surface area (Å²) in [5, 5.41) is 4.57. The molecule has 1 unspecified atom stereocenters. The minimum absolute atomic E-state index is 0.0881. The third-order valence-corrected chi connectivity index (χ3v) is 2.99. The lowest BCUT2D eigenvalue weighted by molar-refractivity contribution is 0.246. The molecule has 0 spiro atoms. The molecule has 4 heteroatoms. The average Bonchev–Trinajstić information content (AvgIpc) is 2.64. The van der Waals surface area contributed by atoms with Gasteiger partial charge in [0.1, 0.15) is 5.66 Å². The Hall–Kier alpha value is -1.55. The summed E-state index contributed by atoms with van der Waals surface area (Å²) < 4.78 is 0. The molecule has 1 aromatic carbocycles. The molecule has 0 saturated carbocycles. The van der Waals surface area contributed by atoms with Gasteiger partial charge in [-0.2, -0.15) is 0 Å². The zero-order chi connectivity index (χ0) is 12.3. The number of nitrogens with zero attached hydrogens (tertiary/aromatic N) is 1. The van der Waals surface area contributed by atoms with E-state index in [1.165, 1.54) is 0 Å². The van der Waals surface area contributed by atoms with Crippen LogP contribution in [-0.4, -0.2) is 11.7 Å². The molecule has 1 aliphatic rings. The van der Waals surface area contributed by atoms with E-state index in [-0.39, 0.29) is 11.7 Å². The van der Waals surface area contributed by atoms with Crippen molar-refractivity contribution in [1.82, 2.24) is 10.7 Å². The van der Waals surface area contributed by atoms with Crippen molar-refractivity contribution in [3.8, 4) is 0 Å². The van der Waals surface area contributed by atoms with Crippen molar-refractivity contribution in [1.29, 1.82) is 0 Å². The van der Waals surface area contributed by atoms with Gasteiger partial charge in [-0.15, -0.1) is 0 Å². The Morgan fingerprint density at radius 3 is 2.65 bits per heavy atom. The van der Waals surface area contributed by atoms with E-state index in [1.54, 1.807) is 5.01 Å². The van der Waals surface area contributed by atoms with E-state index in [0.29, 0.717) is 0 Å². The van der Waals surface area contributed by atoms with Gasteiger partial charge < -0.3 is 5.32 Å². The average molecular weight is 233 g/mol. The predicted molar refractivity (Wildman–Crippen MR) is 68.5 cm³/mol. The van der Waals surface area contributed by atoms with Gasteiger partial charge >= 0.3 is 6.03 Å². The molecule has 17 heavy (non-hydrogen) atoms. The molecule has 0 aromatic heterocycles. The van der Waals surface area contributed by atoms with Gasteiger partial charge in [-0.25, -0.2) is 15.2 Å². The number of urea groups is 1. The van der Waals surface area contributed by atoms with Crippen molar-refractivity contribution in [2.24, 2.45) is 0 Å². The number of benzene rings is 1. The molecule has 1 aliphatic heterocycles. The molecule has 1 heterocycles. The second-order valence-corrected chi connectivity index (χ2v) is 4.65. The van der Waals surface area contributed by atoms with E-state index in [1.807, 2.05) is 37.3 Å². The molecule has 1 fully saturated rings. The fourth-order valence-corrected chi connectivity index (χ4v) is 2.03. The maximum atomic E-state index is 11.9. The molecule has 0 aliphatic carbocycles. The van der Waals surface area contributed by atoms with Crippen molar-refractivity contribution >= 4 is 11.7 Å². The predicted octanol–water partition coefficient (Wildman–Crippen LogP) is 2.63. The van der Waals surface area contributed by atoms with Crippen LogP contribution in [0.25, 0.3) is 0 Å². The number of hydrazine groups is 1. The monoisotopic (exact) mass is 233 g/mol. The highest BCUT2D eigenvalue weighted by Gasteiger charge is 2.38. The van der Waals surface area contributed by atoms with E-state index in [4.69, 9.17) is 0 Å². The Morgan fingerprint density at radius 1 is 1.29 bits per heavy atom. The van der Waals surface area contributed by atoms with Crippen LogP contribution in [0.2, 0.25) is 0 Å². The lowest BCUT2D eigenvalue weighted by atomic mass is 10.1. The number of hydrogen-bond donors (Lipinski definition) is 2. The van der Waals surface area contributed by atoms with Crippen molar-refractivity contribution in [3.63, 3.8) is 0 Å². The topological polar surface area (TPSA) is 44.4 Å². The molecular weight excluding hydrogens is 214 g/mol. The number of rotatable bonds is 4. The second-order valence-electron chi connectivity index (χ2n) is 4.65. The highest BCUT2D eigenvalue weighted by molar-refractivity contribution is 5.93. The van der Waals surface area contributed by atoms with E-state index in [9.17, 15) is 4.79 Å². The first kappa shape index (κ1) is 11.9. The summed E-state index contributed by atoms with van der Waals surface area (Å²) in [6.45, 7) is 4.17. The third kappa shape index (κ3) is 2.58. The highest BCUT2D eigenvalue weighted by atomic mass is 16.2. The number of carbonyl (C=O) groups is 1. The summed E-state index contributed by atoms with van der Waals surface area (Å²) in [5.74, 6) is 0. The molecule has 2 amide bonds. The number of anilines is 1. The number of amides is 2. The Kier molecular flexibility index (Phi) is 3.33. The van der Waals surface area contributed by atoms with E-state index < -0.39 is 0 Å². The Morgan fingerprint density at radius 2 is 2.00 bits per heavy atom. The largest absolute Gasteiger partial charge is 0.338 e. The van der Waals surface area contributed by atoms with Gasteiger partial charge in [0, 0.05) is 0 Å². The standard InChI is InChI=1S/C13H19N3O/c1-3-4-10-13(2)14-12(17)16(15-13)11-8-6-5-7-9-11/h5-9,15H,3-4,10H2,1-2H3,(H,14,17). The Balaban J connectivity index is 2.10. The number of hydrogen-bond acceptors (Lipinski definition) is 2. The van der Waals surface area contributed by atoms with E-state index in [0.717, 1.165) is 24.9 Å². The SMILES string of the molecule is CCCCC1(C)NC(=O)N(c2ccccc2)N1. The van der Waals surface area contributed by atoms with Gasteiger partial charge in [0.2, 0.25) is 0 Å². The van der Waals surface area contributed by atoms with Crippen LogP contribution in [0.5, 0.6) is 0 Å². The summed E-state index contributed by atoms with van der Waals surface area (Å²) in [6, 6.07) is 9.52. The summed E-state index contributed by atoms with van der Waals surface area (Å²) in [4.78, 5) is 11.9. The molecule has 0 bridgehead atoms. The highest BCUT2D eigenvalue weighted by Crippen LogP contribution is 2.21. The van der Waals surface area contributed by atoms with Crippen molar-refractivity contribution in [2.45, 2.75) is 38.8 Å². The normalized spacial score (nSPS) is 23.9. The molecule has 1 aromatic rings. The molecule has 2 N–H and O–H groups in total. The van der Waals surface area contributed by atoms with Crippen LogP contribution in [0.15, 0.2) is 30.3 Å². The number of unbranched alkanes of at least 4 members (excludes halogenated alkanes) is 1. The quantitative estimate of drug-likeness (QED) is 0.839. The van der Waals surface area contributed by atoms with Crippen LogP contribution in [0, 0.1) is 0 Å². The maximum Gasteiger partial charge on any atom is 0.338 e. The second kappa shape index (κ2) is 4.75. The Bertz CT molecular complexity index is 393. The van der Waals surface area contributed by atoms with Crippen LogP contribution < -0.4 is 15.8 Å².